The Morgan fingerprint density at radius 1 is 1.03 bits per heavy atom. The van der Waals surface area contributed by atoms with Gasteiger partial charge in [0, 0.05) is 63.4 Å². The smallest absolute Gasteiger partial charge is 0.257 e. The molecular formula is C25H25FN4O2. The summed E-state index contributed by atoms with van der Waals surface area (Å²) in [5.41, 5.74) is 1.91. The number of carbonyl (C=O) groups is 1. The third-order valence-corrected chi connectivity index (χ3v) is 6.34. The van der Waals surface area contributed by atoms with E-state index in [2.05, 4.69) is 14.9 Å². The van der Waals surface area contributed by atoms with Crippen molar-refractivity contribution in [1.82, 2.24) is 19.8 Å². The Labute approximate surface area is 186 Å². The van der Waals surface area contributed by atoms with E-state index in [4.69, 9.17) is 4.74 Å². The molecule has 32 heavy (non-hydrogen) atoms. The summed E-state index contributed by atoms with van der Waals surface area (Å²) in [6.45, 7) is 3.19. The molecule has 164 valence electrons. The predicted octanol–water partition coefficient (Wildman–Crippen LogP) is 3.01. The Kier molecular flexibility index (Phi) is 5.68. The summed E-state index contributed by atoms with van der Waals surface area (Å²) in [6, 6.07) is 14.4. The summed E-state index contributed by atoms with van der Waals surface area (Å²) in [5, 5.41) is 0. The molecule has 2 aliphatic heterocycles. The van der Waals surface area contributed by atoms with E-state index in [0.717, 1.165) is 16.7 Å². The quantitative estimate of drug-likeness (QED) is 0.620. The zero-order valence-corrected chi connectivity index (χ0v) is 17.7. The molecule has 0 N–H and O–H groups in total. The molecule has 1 amide bonds. The van der Waals surface area contributed by atoms with E-state index in [0.29, 0.717) is 39.3 Å². The summed E-state index contributed by atoms with van der Waals surface area (Å²) in [7, 11) is 0. The second-order valence-corrected chi connectivity index (χ2v) is 8.46. The molecule has 4 heterocycles. The van der Waals surface area contributed by atoms with E-state index in [1.165, 1.54) is 6.07 Å². The number of aromatic nitrogens is 2. The van der Waals surface area contributed by atoms with Crippen molar-refractivity contribution in [3.8, 4) is 0 Å². The van der Waals surface area contributed by atoms with Crippen molar-refractivity contribution in [2.24, 2.45) is 0 Å². The van der Waals surface area contributed by atoms with Gasteiger partial charge in [-0.05, 0) is 47.0 Å². The molecule has 2 atom stereocenters. The normalized spacial score (nSPS) is 23.7. The van der Waals surface area contributed by atoms with Crippen molar-refractivity contribution >= 4 is 5.91 Å². The highest BCUT2D eigenvalue weighted by molar-refractivity contribution is 5.88. The summed E-state index contributed by atoms with van der Waals surface area (Å²) >= 11 is 0. The molecule has 6 nitrogen and oxygen atoms in total. The van der Waals surface area contributed by atoms with Gasteiger partial charge in [-0.1, -0.05) is 18.2 Å². The summed E-state index contributed by atoms with van der Waals surface area (Å²) in [4.78, 5) is 26.3. The summed E-state index contributed by atoms with van der Waals surface area (Å²) in [6.07, 6.45) is 7.03. The number of hydrogen-bond acceptors (Lipinski definition) is 5. The lowest BCUT2D eigenvalue weighted by molar-refractivity contribution is -0.173. The van der Waals surface area contributed by atoms with Crippen LogP contribution >= 0.6 is 0 Å². The molecule has 2 fully saturated rings. The Hall–Kier alpha value is -3.16. The van der Waals surface area contributed by atoms with Crippen molar-refractivity contribution in [3.63, 3.8) is 0 Å². The molecule has 0 radical (unpaired) electrons. The van der Waals surface area contributed by atoms with E-state index in [1.807, 2.05) is 41.4 Å². The first-order chi connectivity index (χ1) is 15.6. The van der Waals surface area contributed by atoms with Crippen LogP contribution in [0.4, 0.5) is 4.39 Å². The predicted molar refractivity (Wildman–Crippen MR) is 117 cm³/mol. The number of likely N-dealkylation sites (tertiary alicyclic amines) is 1. The topological polar surface area (TPSA) is 58.6 Å². The molecule has 7 heteroatoms. The minimum absolute atomic E-state index is 0.00356. The van der Waals surface area contributed by atoms with Crippen LogP contribution in [0.15, 0.2) is 73.3 Å². The molecular weight excluding hydrogens is 407 g/mol. The van der Waals surface area contributed by atoms with Crippen LogP contribution in [0, 0.1) is 5.82 Å². The van der Waals surface area contributed by atoms with Crippen LogP contribution < -0.4 is 0 Å². The van der Waals surface area contributed by atoms with Gasteiger partial charge in [0.1, 0.15) is 5.82 Å². The largest absolute Gasteiger partial charge is 0.361 e. The highest BCUT2D eigenvalue weighted by Crippen LogP contribution is 2.42. The Morgan fingerprint density at radius 3 is 2.69 bits per heavy atom. The van der Waals surface area contributed by atoms with Crippen LogP contribution in [0.25, 0.3) is 0 Å². The molecule has 2 saturated heterocycles. The second-order valence-electron chi connectivity index (χ2n) is 8.46. The van der Waals surface area contributed by atoms with Crippen LogP contribution in [-0.4, -0.2) is 57.5 Å². The lowest BCUT2D eigenvalue weighted by atomic mass is 9.83. The van der Waals surface area contributed by atoms with Gasteiger partial charge >= 0.3 is 0 Å². The van der Waals surface area contributed by atoms with Gasteiger partial charge < -0.3 is 9.64 Å². The maximum absolute atomic E-state index is 13.9. The van der Waals surface area contributed by atoms with Gasteiger partial charge in [-0.15, -0.1) is 0 Å². The standard InChI is InChI=1S/C25H25FN4O2/c26-22-5-1-3-20(13-22)15-29-17-23(21-4-2-8-28-14-21)25(18-29)24(31)30(11-12-32-25)16-19-6-9-27-10-7-19/h1-10,13-14,23H,11-12,15-18H2. The van der Waals surface area contributed by atoms with Gasteiger partial charge in [0.2, 0.25) is 0 Å². The van der Waals surface area contributed by atoms with Gasteiger partial charge in [0.05, 0.1) is 6.61 Å². The number of pyridine rings is 2. The van der Waals surface area contributed by atoms with Crippen LogP contribution in [0.5, 0.6) is 0 Å². The van der Waals surface area contributed by atoms with Gasteiger partial charge in [-0.2, -0.15) is 0 Å². The maximum atomic E-state index is 13.9. The van der Waals surface area contributed by atoms with Gasteiger partial charge in [-0.25, -0.2) is 4.39 Å². The van der Waals surface area contributed by atoms with Crippen molar-refractivity contribution in [1.29, 1.82) is 0 Å². The average molecular weight is 432 g/mol. The van der Waals surface area contributed by atoms with Gasteiger partial charge in [0.25, 0.3) is 5.91 Å². The third-order valence-electron chi connectivity index (χ3n) is 6.34. The molecule has 0 saturated carbocycles. The second kappa shape index (κ2) is 8.76. The van der Waals surface area contributed by atoms with E-state index in [9.17, 15) is 9.18 Å². The number of rotatable bonds is 5. The van der Waals surface area contributed by atoms with Crippen molar-refractivity contribution in [2.75, 3.05) is 26.2 Å². The highest BCUT2D eigenvalue weighted by atomic mass is 19.1. The number of benzene rings is 1. The molecule has 3 aromatic rings. The van der Waals surface area contributed by atoms with Crippen LogP contribution in [0.3, 0.4) is 0 Å². The molecule has 1 aromatic carbocycles. The summed E-state index contributed by atoms with van der Waals surface area (Å²) < 4.78 is 20.1. The fourth-order valence-corrected chi connectivity index (χ4v) is 4.87. The number of halogens is 1. The fourth-order valence-electron chi connectivity index (χ4n) is 4.87. The summed E-state index contributed by atoms with van der Waals surface area (Å²) in [5.74, 6) is -0.414. The first-order valence-corrected chi connectivity index (χ1v) is 10.8. The first-order valence-electron chi connectivity index (χ1n) is 10.8. The number of hydrogen-bond donors (Lipinski definition) is 0. The number of carbonyl (C=O) groups excluding carboxylic acids is 1. The van der Waals surface area contributed by atoms with Crippen molar-refractivity contribution in [2.45, 2.75) is 24.6 Å². The molecule has 2 aromatic heterocycles. The first kappa shape index (κ1) is 20.7. The lowest BCUT2D eigenvalue weighted by Crippen LogP contribution is -2.59. The Balaban J connectivity index is 1.45. The minimum Gasteiger partial charge on any atom is -0.361 e. The molecule has 0 bridgehead atoms. The zero-order chi connectivity index (χ0) is 22.0. The molecule has 2 unspecified atom stereocenters. The minimum atomic E-state index is -0.984. The zero-order valence-electron chi connectivity index (χ0n) is 17.7. The van der Waals surface area contributed by atoms with E-state index in [-0.39, 0.29) is 17.6 Å². The number of ether oxygens (including phenoxy) is 1. The van der Waals surface area contributed by atoms with E-state index < -0.39 is 5.60 Å². The molecule has 1 spiro atoms. The lowest BCUT2D eigenvalue weighted by Gasteiger charge is -2.42. The monoisotopic (exact) mass is 432 g/mol. The van der Waals surface area contributed by atoms with Gasteiger partial charge in [0.15, 0.2) is 5.60 Å². The van der Waals surface area contributed by atoms with Crippen molar-refractivity contribution in [3.05, 3.63) is 95.8 Å². The van der Waals surface area contributed by atoms with Crippen LogP contribution in [0.2, 0.25) is 0 Å². The number of amides is 1. The Bertz CT molecular complexity index is 1080. The molecule has 5 rings (SSSR count). The van der Waals surface area contributed by atoms with E-state index >= 15 is 0 Å². The average Bonchev–Trinajstić information content (AvgIpc) is 3.17. The SMILES string of the molecule is O=C1N(Cc2ccncc2)CCOC12CN(Cc1cccc(F)c1)CC2c1cccnc1. The van der Waals surface area contributed by atoms with Crippen molar-refractivity contribution < 1.29 is 13.9 Å². The van der Waals surface area contributed by atoms with Crippen LogP contribution in [-0.2, 0) is 22.6 Å². The number of nitrogens with zero attached hydrogens (tertiary/aromatic N) is 4. The molecule has 0 aliphatic carbocycles. The van der Waals surface area contributed by atoms with Gasteiger partial charge in [-0.3, -0.25) is 19.7 Å². The Morgan fingerprint density at radius 2 is 1.91 bits per heavy atom. The third kappa shape index (κ3) is 4.01. The fraction of sp³-hybridized carbons (Fsp3) is 0.320. The highest BCUT2D eigenvalue weighted by Gasteiger charge is 2.56. The molecule has 2 aliphatic rings. The number of morpholine rings is 1. The van der Waals surface area contributed by atoms with Crippen LogP contribution in [0.1, 0.15) is 22.6 Å². The van der Waals surface area contributed by atoms with E-state index in [1.54, 1.807) is 30.7 Å². The maximum Gasteiger partial charge on any atom is 0.257 e.